The Hall–Kier alpha value is -3.41. The van der Waals surface area contributed by atoms with E-state index < -0.39 is 0 Å². The Kier molecular flexibility index (Phi) is 4.38. The van der Waals surface area contributed by atoms with Gasteiger partial charge in [0.15, 0.2) is 5.58 Å². The van der Waals surface area contributed by atoms with Crippen LogP contribution in [0.15, 0.2) is 69.6 Å². The molecule has 24 heavy (non-hydrogen) atoms. The third-order valence-electron chi connectivity index (χ3n) is 3.28. The van der Waals surface area contributed by atoms with Gasteiger partial charge in [0.25, 0.3) is 5.91 Å². The van der Waals surface area contributed by atoms with Crippen molar-refractivity contribution in [3.8, 4) is 0 Å². The monoisotopic (exact) mass is 320 g/mol. The van der Waals surface area contributed by atoms with E-state index in [0.29, 0.717) is 16.7 Å². The van der Waals surface area contributed by atoms with E-state index in [1.807, 2.05) is 42.5 Å². The van der Waals surface area contributed by atoms with Crippen molar-refractivity contribution in [1.29, 1.82) is 0 Å². The molecular weight excluding hydrogens is 304 g/mol. The fourth-order valence-corrected chi connectivity index (χ4v) is 2.12. The smallest absolute Gasteiger partial charge is 0.325 e. The summed E-state index contributed by atoms with van der Waals surface area (Å²) in [5.74, 6) is -0.413. The highest BCUT2D eigenvalue weighted by molar-refractivity contribution is 6.07. The fourth-order valence-electron chi connectivity index (χ4n) is 2.12. The number of nitrogens with zero attached hydrogens (tertiary/aromatic N) is 2. The fraction of sp³-hybridized carbons (Fsp3) is 0.0556. The third kappa shape index (κ3) is 3.67. The number of guanidine groups is 1. The molecule has 0 aliphatic heterocycles. The number of rotatable bonds is 3. The molecule has 6 heteroatoms. The van der Waals surface area contributed by atoms with Crippen molar-refractivity contribution >= 4 is 35.1 Å². The molecule has 0 radical (unpaired) electrons. The Morgan fingerprint density at radius 1 is 1.17 bits per heavy atom. The maximum absolute atomic E-state index is 12.1. The van der Waals surface area contributed by atoms with Crippen molar-refractivity contribution in [2.45, 2.75) is 6.92 Å². The van der Waals surface area contributed by atoms with E-state index in [0.717, 1.165) is 5.56 Å². The molecule has 6 nitrogen and oxygen atoms in total. The van der Waals surface area contributed by atoms with Crippen LogP contribution in [0.2, 0.25) is 0 Å². The molecule has 0 aliphatic carbocycles. The topological polar surface area (TPSA) is 93.5 Å². The van der Waals surface area contributed by atoms with E-state index in [-0.39, 0.29) is 17.9 Å². The number of amides is 1. The summed E-state index contributed by atoms with van der Waals surface area (Å²) in [4.78, 5) is 20.3. The van der Waals surface area contributed by atoms with Crippen LogP contribution in [0.25, 0.3) is 17.2 Å². The van der Waals surface area contributed by atoms with Crippen molar-refractivity contribution in [2.75, 3.05) is 0 Å². The van der Waals surface area contributed by atoms with Crippen molar-refractivity contribution in [2.24, 2.45) is 10.7 Å². The van der Waals surface area contributed by atoms with Crippen molar-refractivity contribution < 1.29 is 9.21 Å². The first-order valence-electron chi connectivity index (χ1n) is 7.36. The molecule has 0 aliphatic rings. The van der Waals surface area contributed by atoms with Gasteiger partial charge in [-0.2, -0.15) is 9.98 Å². The Morgan fingerprint density at radius 3 is 2.62 bits per heavy atom. The van der Waals surface area contributed by atoms with E-state index in [4.69, 9.17) is 10.2 Å². The molecule has 0 atom stereocenters. The number of para-hydroxylation sites is 2. The van der Waals surface area contributed by atoms with Gasteiger partial charge >= 0.3 is 6.01 Å². The molecule has 120 valence electrons. The average Bonchev–Trinajstić information content (AvgIpc) is 2.97. The minimum Gasteiger partial charge on any atom is -0.422 e. The van der Waals surface area contributed by atoms with E-state index in [9.17, 15) is 4.79 Å². The summed E-state index contributed by atoms with van der Waals surface area (Å²) in [6, 6.07) is 16.9. The first-order chi connectivity index (χ1) is 11.6. The van der Waals surface area contributed by atoms with Crippen LogP contribution < -0.4 is 11.1 Å². The number of nitrogens with two attached hydrogens (primary N) is 1. The largest absolute Gasteiger partial charge is 0.422 e. The number of carbonyl (C=O) groups is 1. The standard InChI is InChI=1S/C18H16N4O2/c1-12(11-13-7-3-2-4-8-13)16(23)21-17(19)22-18-20-14-9-5-6-10-15(14)24-18/h2-11H,1H3,(H3,19,20,21,22,23)/b12-11+. The molecule has 2 aromatic carbocycles. The number of nitrogens with one attached hydrogen (secondary N) is 1. The summed E-state index contributed by atoms with van der Waals surface area (Å²) in [6.07, 6.45) is 1.77. The summed E-state index contributed by atoms with van der Waals surface area (Å²) in [5, 5.41) is 2.51. The number of carbonyl (C=O) groups excluding carboxylic acids is 1. The highest BCUT2D eigenvalue weighted by atomic mass is 16.4. The van der Waals surface area contributed by atoms with Gasteiger partial charge in [0.1, 0.15) is 5.52 Å². The zero-order valence-corrected chi connectivity index (χ0v) is 13.1. The second-order valence-electron chi connectivity index (χ2n) is 5.15. The van der Waals surface area contributed by atoms with Crippen LogP contribution in [0.1, 0.15) is 12.5 Å². The lowest BCUT2D eigenvalue weighted by Crippen LogP contribution is -2.36. The Bertz CT molecular complexity index is 893. The molecule has 1 heterocycles. The summed E-state index contributed by atoms with van der Waals surface area (Å²) in [7, 11) is 0. The van der Waals surface area contributed by atoms with Crippen molar-refractivity contribution in [3.05, 3.63) is 65.7 Å². The Labute approximate surface area is 138 Å². The second kappa shape index (κ2) is 6.78. The molecule has 3 N–H and O–H groups in total. The third-order valence-corrected chi connectivity index (χ3v) is 3.28. The second-order valence-corrected chi connectivity index (χ2v) is 5.15. The van der Waals surface area contributed by atoms with Crippen LogP contribution in [-0.2, 0) is 4.79 Å². The lowest BCUT2D eigenvalue weighted by atomic mass is 10.1. The van der Waals surface area contributed by atoms with Crippen LogP contribution >= 0.6 is 0 Å². The Balaban J connectivity index is 1.72. The molecule has 3 aromatic rings. The lowest BCUT2D eigenvalue weighted by Gasteiger charge is -2.03. The first-order valence-corrected chi connectivity index (χ1v) is 7.36. The molecule has 0 saturated heterocycles. The molecule has 0 spiro atoms. The summed E-state index contributed by atoms with van der Waals surface area (Å²) >= 11 is 0. The van der Waals surface area contributed by atoms with E-state index in [1.54, 1.807) is 25.1 Å². The molecule has 0 saturated carbocycles. The zero-order chi connectivity index (χ0) is 16.9. The lowest BCUT2D eigenvalue weighted by molar-refractivity contribution is -0.116. The van der Waals surface area contributed by atoms with Gasteiger partial charge in [0.2, 0.25) is 5.96 Å². The SMILES string of the molecule is C/C(=C\c1ccccc1)C(=O)NC(N)=Nc1nc2ccccc2o1. The maximum atomic E-state index is 12.1. The molecule has 1 amide bonds. The molecule has 0 fully saturated rings. The van der Waals surface area contributed by atoms with Crippen molar-refractivity contribution in [1.82, 2.24) is 10.3 Å². The number of aliphatic imine (C=N–C) groups is 1. The number of hydrogen-bond donors (Lipinski definition) is 2. The maximum Gasteiger partial charge on any atom is 0.325 e. The number of benzene rings is 2. The normalized spacial score (nSPS) is 12.4. The highest BCUT2D eigenvalue weighted by Crippen LogP contribution is 2.19. The molecule has 1 aromatic heterocycles. The number of aromatic nitrogens is 1. The van der Waals surface area contributed by atoms with Gasteiger partial charge in [0.05, 0.1) is 0 Å². The van der Waals surface area contributed by atoms with Crippen molar-refractivity contribution in [3.63, 3.8) is 0 Å². The summed E-state index contributed by atoms with van der Waals surface area (Å²) < 4.78 is 5.43. The van der Waals surface area contributed by atoms with E-state index in [1.165, 1.54) is 0 Å². The predicted molar refractivity (Wildman–Crippen MR) is 93.5 cm³/mol. The number of oxazole rings is 1. The molecule has 3 rings (SSSR count). The van der Waals surface area contributed by atoms with Gasteiger partial charge in [-0.25, -0.2) is 0 Å². The average molecular weight is 320 g/mol. The van der Waals surface area contributed by atoms with Crippen LogP contribution in [0.3, 0.4) is 0 Å². The highest BCUT2D eigenvalue weighted by Gasteiger charge is 2.08. The van der Waals surface area contributed by atoms with Gasteiger partial charge < -0.3 is 10.2 Å². The molecule has 0 unspecified atom stereocenters. The number of fused-ring (bicyclic) bond motifs is 1. The van der Waals surface area contributed by atoms with Gasteiger partial charge in [-0.15, -0.1) is 0 Å². The van der Waals surface area contributed by atoms with Crippen LogP contribution in [0.4, 0.5) is 6.01 Å². The van der Waals surface area contributed by atoms with Crippen LogP contribution in [-0.4, -0.2) is 16.9 Å². The van der Waals surface area contributed by atoms with E-state index >= 15 is 0 Å². The summed E-state index contributed by atoms with van der Waals surface area (Å²) in [5.41, 5.74) is 8.48. The Morgan fingerprint density at radius 2 is 1.88 bits per heavy atom. The van der Waals surface area contributed by atoms with Gasteiger partial charge in [-0.05, 0) is 30.7 Å². The van der Waals surface area contributed by atoms with Gasteiger partial charge in [-0.1, -0.05) is 42.5 Å². The summed E-state index contributed by atoms with van der Waals surface area (Å²) in [6.45, 7) is 1.70. The first kappa shape index (κ1) is 15.5. The van der Waals surface area contributed by atoms with E-state index in [2.05, 4.69) is 15.3 Å². The van der Waals surface area contributed by atoms with Crippen LogP contribution in [0.5, 0.6) is 0 Å². The molecule has 0 bridgehead atoms. The number of hydrogen-bond acceptors (Lipinski definition) is 4. The quantitative estimate of drug-likeness (QED) is 0.441. The predicted octanol–water partition coefficient (Wildman–Crippen LogP) is 2.99. The van der Waals surface area contributed by atoms with Gasteiger partial charge in [0, 0.05) is 5.57 Å². The van der Waals surface area contributed by atoms with Gasteiger partial charge in [-0.3, -0.25) is 10.1 Å². The van der Waals surface area contributed by atoms with Crippen LogP contribution in [0, 0.1) is 0 Å². The minimum atomic E-state index is -0.337. The molecular formula is C18H16N4O2. The minimum absolute atomic E-state index is 0.0765. The zero-order valence-electron chi connectivity index (χ0n) is 13.1.